The van der Waals surface area contributed by atoms with Crippen molar-refractivity contribution in [1.82, 2.24) is 19.7 Å². The van der Waals surface area contributed by atoms with Gasteiger partial charge in [0.1, 0.15) is 9.88 Å². The van der Waals surface area contributed by atoms with Crippen LogP contribution < -0.4 is 5.32 Å². The summed E-state index contributed by atoms with van der Waals surface area (Å²) >= 11 is 2.18. The molecule has 12 heteroatoms. The molecule has 10 nitrogen and oxygen atoms in total. The van der Waals surface area contributed by atoms with E-state index in [1.165, 1.54) is 26.0 Å². The van der Waals surface area contributed by atoms with Crippen LogP contribution in [0.1, 0.15) is 32.5 Å². The predicted molar refractivity (Wildman–Crippen MR) is 120 cm³/mol. The first-order chi connectivity index (χ1) is 15.4. The van der Waals surface area contributed by atoms with E-state index in [-0.39, 0.29) is 27.1 Å². The fourth-order valence-electron chi connectivity index (χ4n) is 2.92. The summed E-state index contributed by atoms with van der Waals surface area (Å²) in [5.74, 6) is -0.896. The monoisotopic (exact) mass is 475 g/mol. The number of anilines is 1. The minimum absolute atomic E-state index is 0.0274. The van der Waals surface area contributed by atoms with Crippen molar-refractivity contribution in [3.63, 3.8) is 0 Å². The molecule has 0 fully saturated rings. The van der Waals surface area contributed by atoms with E-state index in [2.05, 4.69) is 20.5 Å². The number of thiophene rings is 1. The lowest BCUT2D eigenvalue weighted by Gasteiger charge is -2.08. The fraction of sp³-hybridized carbons (Fsp3) is 0.300. The van der Waals surface area contributed by atoms with E-state index in [4.69, 9.17) is 9.47 Å². The van der Waals surface area contributed by atoms with E-state index in [1.54, 1.807) is 19.3 Å². The Balaban J connectivity index is 1.77. The van der Waals surface area contributed by atoms with Crippen molar-refractivity contribution in [3.8, 4) is 11.4 Å². The second kappa shape index (κ2) is 10.4. The zero-order chi connectivity index (χ0) is 23.3. The number of pyridine rings is 1. The Morgan fingerprint density at radius 3 is 2.44 bits per heavy atom. The van der Waals surface area contributed by atoms with Crippen molar-refractivity contribution in [2.24, 2.45) is 0 Å². The fourth-order valence-corrected chi connectivity index (χ4v) is 4.86. The lowest BCUT2D eigenvalue weighted by molar-refractivity contribution is -0.113. The van der Waals surface area contributed by atoms with Gasteiger partial charge in [0.15, 0.2) is 11.0 Å². The highest BCUT2D eigenvalue weighted by Gasteiger charge is 2.27. The molecule has 0 aliphatic heterocycles. The molecule has 3 rings (SSSR count). The zero-order valence-electron chi connectivity index (χ0n) is 17.9. The van der Waals surface area contributed by atoms with E-state index in [0.717, 1.165) is 16.9 Å². The molecular formula is C20H21N5O5S2. The van der Waals surface area contributed by atoms with Crippen molar-refractivity contribution < 1.29 is 23.9 Å². The largest absolute Gasteiger partial charge is 0.465 e. The Morgan fingerprint density at radius 1 is 1.12 bits per heavy atom. The topological polar surface area (TPSA) is 125 Å². The first-order valence-electron chi connectivity index (χ1n) is 9.47. The van der Waals surface area contributed by atoms with Crippen molar-refractivity contribution in [1.29, 1.82) is 0 Å². The standard InChI is InChI=1S/C20H21N5O5S2/c1-5-25-16(12-6-8-21-9-7-12)23-24-20(25)31-10-13(26)22-17-14(18(27)29-3)11(2)15(32-17)19(28)30-4/h6-9H,5,10H2,1-4H3,(H,22,26). The highest BCUT2D eigenvalue weighted by Crippen LogP contribution is 2.34. The van der Waals surface area contributed by atoms with Gasteiger partial charge in [-0.05, 0) is 31.5 Å². The minimum atomic E-state index is -0.649. The molecule has 3 aromatic heterocycles. The summed E-state index contributed by atoms with van der Waals surface area (Å²) in [5.41, 5.74) is 1.40. The molecule has 0 saturated carbocycles. The number of thioether (sulfide) groups is 1. The number of esters is 2. The van der Waals surface area contributed by atoms with Gasteiger partial charge in [-0.2, -0.15) is 0 Å². The number of nitrogens with one attached hydrogen (secondary N) is 1. The molecule has 0 aliphatic carbocycles. The van der Waals surface area contributed by atoms with Crippen LogP contribution in [0.5, 0.6) is 0 Å². The van der Waals surface area contributed by atoms with Crippen LogP contribution in [0, 0.1) is 6.92 Å². The smallest absolute Gasteiger partial charge is 0.348 e. The van der Waals surface area contributed by atoms with Gasteiger partial charge >= 0.3 is 11.9 Å². The van der Waals surface area contributed by atoms with E-state index in [0.29, 0.717) is 23.1 Å². The van der Waals surface area contributed by atoms with Gasteiger partial charge in [-0.25, -0.2) is 9.59 Å². The van der Waals surface area contributed by atoms with Gasteiger partial charge in [0.25, 0.3) is 0 Å². The van der Waals surface area contributed by atoms with Crippen LogP contribution in [0.25, 0.3) is 11.4 Å². The van der Waals surface area contributed by atoms with Crippen molar-refractivity contribution >= 4 is 45.9 Å². The molecule has 0 saturated heterocycles. The van der Waals surface area contributed by atoms with Crippen LogP contribution in [0.2, 0.25) is 0 Å². The normalized spacial score (nSPS) is 10.6. The Hall–Kier alpha value is -3.25. The summed E-state index contributed by atoms with van der Waals surface area (Å²) in [7, 11) is 2.48. The van der Waals surface area contributed by atoms with E-state index in [9.17, 15) is 14.4 Å². The summed E-state index contributed by atoms with van der Waals surface area (Å²) in [6.45, 7) is 4.18. The van der Waals surface area contributed by atoms with Crippen LogP contribution in [0.15, 0.2) is 29.7 Å². The second-order valence-corrected chi connectivity index (χ2v) is 8.33. The number of hydrogen-bond acceptors (Lipinski definition) is 10. The SMILES string of the molecule is CCn1c(SCC(=O)Nc2sc(C(=O)OC)c(C)c2C(=O)OC)nnc1-c1ccncc1. The van der Waals surface area contributed by atoms with Gasteiger partial charge in [0.2, 0.25) is 5.91 Å². The molecule has 0 spiro atoms. The van der Waals surface area contributed by atoms with Gasteiger partial charge in [0, 0.05) is 24.5 Å². The highest BCUT2D eigenvalue weighted by atomic mass is 32.2. The predicted octanol–water partition coefficient (Wildman–Crippen LogP) is 3.03. The first-order valence-corrected chi connectivity index (χ1v) is 11.3. The van der Waals surface area contributed by atoms with Crippen LogP contribution >= 0.6 is 23.1 Å². The maximum atomic E-state index is 12.6. The summed E-state index contributed by atoms with van der Waals surface area (Å²) in [4.78, 5) is 41.1. The molecular weight excluding hydrogens is 454 g/mol. The molecule has 0 bridgehead atoms. The summed E-state index contributed by atoms with van der Waals surface area (Å²) < 4.78 is 11.5. The number of methoxy groups -OCH3 is 2. The molecule has 3 heterocycles. The summed E-state index contributed by atoms with van der Waals surface area (Å²) in [5, 5.41) is 11.9. The van der Waals surface area contributed by atoms with Crippen LogP contribution in [0.4, 0.5) is 5.00 Å². The molecule has 32 heavy (non-hydrogen) atoms. The summed E-state index contributed by atoms with van der Waals surface area (Å²) in [6.07, 6.45) is 3.35. The third-order valence-corrected chi connectivity index (χ3v) is 6.62. The molecule has 0 atom stereocenters. The molecule has 3 aromatic rings. The number of nitrogens with zero attached hydrogens (tertiary/aromatic N) is 4. The van der Waals surface area contributed by atoms with E-state index in [1.807, 2.05) is 23.6 Å². The number of hydrogen-bond donors (Lipinski definition) is 1. The van der Waals surface area contributed by atoms with Crippen molar-refractivity contribution in [2.45, 2.75) is 25.5 Å². The Kier molecular flexibility index (Phi) is 7.59. The van der Waals surface area contributed by atoms with Crippen LogP contribution in [0.3, 0.4) is 0 Å². The molecule has 0 aliphatic rings. The molecule has 1 N–H and O–H groups in total. The van der Waals surface area contributed by atoms with Gasteiger partial charge in [0.05, 0.1) is 25.5 Å². The Morgan fingerprint density at radius 2 is 1.81 bits per heavy atom. The van der Waals surface area contributed by atoms with Crippen LogP contribution in [-0.2, 0) is 20.8 Å². The van der Waals surface area contributed by atoms with Gasteiger partial charge in [-0.3, -0.25) is 9.78 Å². The first kappa shape index (κ1) is 23.4. The quantitative estimate of drug-likeness (QED) is 0.386. The Labute approximate surface area is 192 Å². The van der Waals surface area contributed by atoms with E-state index >= 15 is 0 Å². The summed E-state index contributed by atoms with van der Waals surface area (Å²) in [6, 6.07) is 3.67. The number of carbonyl (C=O) groups excluding carboxylic acids is 3. The number of rotatable bonds is 8. The number of aromatic nitrogens is 4. The maximum absolute atomic E-state index is 12.6. The molecule has 168 valence electrons. The lowest BCUT2D eigenvalue weighted by Crippen LogP contribution is -2.16. The molecule has 1 amide bonds. The number of ether oxygens (including phenoxy) is 2. The minimum Gasteiger partial charge on any atom is -0.465 e. The van der Waals surface area contributed by atoms with Crippen molar-refractivity contribution in [3.05, 3.63) is 40.5 Å². The average molecular weight is 476 g/mol. The third kappa shape index (κ3) is 4.81. The van der Waals surface area contributed by atoms with Gasteiger partial charge < -0.3 is 19.4 Å². The second-order valence-electron chi connectivity index (χ2n) is 6.37. The Bertz CT molecular complexity index is 1140. The van der Waals surface area contributed by atoms with Crippen LogP contribution in [-0.4, -0.2) is 57.6 Å². The zero-order valence-corrected chi connectivity index (χ0v) is 19.5. The number of amides is 1. The van der Waals surface area contributed by atoms with Gasteiger partial charge in [-0.1, -0.05) is 11.8 Å². The van der Waals surface area contributed by atoms with E-state index < -0.39 is 11.9 Å². The molecule has 0 unspecified atom stereocenters. The van der Waals surface area contributed by atoms with Gasteiger partial charge in [-0.15, -0.1) is 21.5 Å². The molecule has 0 aromatic carbocycles. The maximum Gasteiger partial charge on any atom is 0.348 e. The third-order valence-electron chi connectivity index (χ3n) is 4.46. The van der Waals surface area contributed by atoms with Crippen molar-refractivity contribution in [2.75, 3.05) is 25.3 Å². The average Bonchev–Trinajstić information content (AvgIpc) is 3.37. The lowest BCUT2D eigenvalue weighted by atomic mass is 10.1. The number of carbonyl (C=O) groups is 3. The molecule has 0 radical (unpaired) electrons. The highest BCUT2D eigenvalue weighted by molar-refractivity contribution is 7.99.